The number of ketones is 1. The molecular weight excluding hydrogens is 298 g/mol. The first-order chi connectivity index (χ1) is 9.56. The molecule has 0 saturated carbocycles. The number of hydrogen-bond acceptors (Lipinski definition) is 5. The first-order valence-electron chi connectivity index (χ1n) is 7.15. The summed E-state index contributed by atoms with van der Waals surface area (Å²) < 4.78 is 4.99. The zero-order valence-electron chi connectivity index (χ0n) is 12.3. The summed E-state index contributed by atoms with van der Waals surface area (Å²) in [6.45, 7) is 0.347. The number of rotatable bonds is 13. The van der Waals surface area contributed by atoms with Crippen molar-refractivity contribution in [1.82, 2.24) is 0 Å². The molecule has 0 aliphatic heterocycles. The number of Topliss-reactive ketones (excluding diaryl/α,β-unsaturated/α-hetero) is 1. The van der Waals surface area contributed by atoms with Crippen molar-refractivity contribution in [2.75, 3.05) is 13.2 Å². The van der Waals surface area contributed by atoms with Gasteiger partial charge in [0.1, 0.15) is 5.78 Å². The lowest BCUT2D eigenvalue weighted by Crippen LogP contribution is -2.15. The SMILES string of the molecule is Cl.NCC(=O)CCC(=O)OCCCCCCCCC(=O)O. The van der Waals surface area contributed by atoms with Gasteiger partial charge in [0.2, 0.25) is 0 Å². The third-order valence-electron chi connectivity index (χ3n) is 2.88. The maximum Gasteiger partial charge on any atom is 0.306 e. The highest BCUT2D eigenvalue weighted by molar-refractivity contribution is 5.85. The Labute approximate surface area is 131 Å². The van der Waals surface area contributed by atoms with Gasteiger partial charge in [0.05, 0.1) is 19.6 Å². The van der Waals surface area contributed by atoms with Crippen molar-refractivity contribution in [3.63, 3.8) is 0 Å². The largest absolute Gasteiger partial charge is 0.481 e. The highest BCUT2D eigenvalue weighted by Crippen LogP contribution is 2.07. The van der Waals surface area contributed by atoms with Gasteiger partial charge in [-0.15, -0.1) is 12.4 Å². The minimum absolute atomic E-state index is 0. The summed E-state index contributed by atoms with van der Waals surface area (Å²) in [4.78, 5) is 32.4. The maximum absolute atomic E-state index is 11.2. The highest BCUT2D eigenvalue weighted by Gasteiger charge is 2.06. The van der Waals surface area contributed by atoms with E-state index >= 15 is 0 Å². The van der Waals surface area contributed by atoms with E-state index < -0.39 is 5.97 Å². The summed E-state index contributed by atoms with van der Waals surface area (Å²) in [7, 11) is 0. The van der Waals surface area contributed by atoms with E-state index in [1.54, 1.807) is 0 Å². The van der Waals surface area contributed by atoms with E-state index in [1.807, 2.05) is 0 Å². The number of carbonyl (C=O) groups excluding carboxylic acids is 2. The lowest BCUT2D eigenvalue weighted by molar-refractivity contribution is -0.144. The van der Waals surface area contributed by atoms with Crippen LogP contribution in [0.2, 0.25) is 0 Å². The van der Waals surface area contributed by atoms with E-state index in [1.165, 1.54) is 0 Å². The van der Waals surface area contributed by atoms with Crippen molar-refractivity contribution in [1.29, 1.82) is 0 Å². The molecule has 0 unspecified atom stereocenters. The van der Waals surface area contributed by atoms with Crippen LogP contribution in [0.25, 0.3) is 0 Å². The Morgan fingerprint density at radius 2 is 1.43 bits per heavy atom. The normalized spacial score (nSPS) is 9.76. The van der Waals surface area contributed by atoms with Crippen LogP contribution in [0, 0.1) is 0 Å². The molecule has 0 aliphatic carbocycles. The Kier molecular flexibility index (Phi) is 16.1. The molecule has 0 rings (SSSR count). The molecule has 7 heteroatoms. The third-order valence-corrected chi connectivity index (χ3v) is 2.88. The van der Waals surface area contributed by atoms with Crippen LogP contribution in [0.3, 0.4) is 0 Å². The monoisotopic (exact) mass is 323 g/mol. The summed E-state index contributed by atoms with van der Waals surface area (Å²) in [5, 5.41) is 8.46. The minimum atomic E-state index is -0.745. The first-order valence-corrected chi connectivity index (χ1v) is 7.15. The highest BCUT2D eigenvalue weighted by atomic mass is 35.5. The van der Waals surface area contributed by atoms with Gasteiger partial charge in [0.15, 0.2) is 0 Å². The van der Waals surface area contributed by atoms with Gasteiger partial charge in [-0.2, -0.15) is 0 Å². The molecule has 0 saturated heterocycles. The van der Waals surface area contributed by atoms with Gasteiger partial charge < -0.3 is 15.6 Å². The van der Waals surface area contributed by atoms with E-state index in [2.05, 4.69) is 0 Å². The second-order valence-corrected chi connectivity index (χ2v) is 4.73. The number of carboxylic acid groups (broad SMARTS) is 1. The molecule has 0 spiro atoms. The molecule has 0 aromatic carbocycles. The van der Waals surface area contributed by atoms with Gasteiger partial charge >= 0.3 is 11.9 Å². The van der Waals surface area contributed by atoms with E-state index in [4.69, 9.17) is 15.6 Å². The summed E-state index contributed by atoms with van der Waals surface area (Å²) in [5.41, 5.74) is 5.13. The molecule has 3 N–H and O–H groups in total. The van der Waals surface area contributed by atoms with Crippen molar-refractivity contribution in [2.45, 2.75) is 57.8 Å². The summed E-state index contributed by atoms with van der Waals surface area (Å²) >= 11 is 0. The molecule has 0 radical (unpaired) electrons. The molecule has 0 atom stereocenters. The van der Waals surface area contributed by atoms with Crippen LogP contribution in [0.1, 0.15) is 57.8 Å². The number of hydrogen-bond donors (Lipinski definition) is 2. The lowest BCUT2D eigenvalue weighted by atomic mass is 10.1. The number of esters is 1. The fourth-order valence-corrected chi connectivity index (χ4v) is 1.69. The molecular formula is C14H26ClNO5. The summed E-state index contributed by atoms with van der Waals surface area (Å²) in [6, 6.07) is 0. The van der Waals surface area contributed by atoms with Crippen LogP contribution < -0.4 is 5.73 Å². The first kappa shape index (κ1) is 22.1. The number of carboxylic acids is 1. The number of nitrogens with two attached hydrogens (primary N) is 1. The number of ether oxygens (including phenoxy) is 1. The molecule has 0 aliphatic rings. The molecule has 6 nitrogen and oxygen atoms in total. The van der Waals surface area contributed by atoms with Gasteiger partial charge in [0.25, 0.3) is 0 Å². The van der Waals surface area contributed by atoms with Crippen LogP contribution in [-0.2, 0) is 19.1 Å². The second kappa shape index (κ2) is 15.3. The van der Waals surface area contributed by atoms with E-state index in [0.717, 1.165) is 38.5 Å². The van der Waals surface area contributed by atoms with Gasteiger partial charge in [0, 0.05) is 12.8 Å². The Morgan fingerprint density at radius 1 is 0.857 bits per heavy atom. The van der Waals surface area contributed by atoms with Crippen LogP contribution in [0.5, 0.6) is 0 Å². The Bertz CT molecular complexity index is 310. The molecule has 21 heavy (non-hydrogen) atoms. The average Bonchev–Trinajstić information content (AvgIpc) is 2.42. The number of unbranched alkanes of at least 4 members (excludes halogenated alkanes) is 5. The zero-order chi connectivity index (χ0) is 15.2. The van der Waals surface area contributed by atoms with E-state index in [9.17, 15) is 14.4 Å². The van der Waals surface area contributed by atoms with Gasteiger partial charge in [-0.1, -0.05) is 25.7 Å². The van der Waals surface area contributed by atoms with Crippen molar-refractivity contribution >= 4 is 30.1 Å². The van der Waals surface area contributed by atoms with E-state index in [-0.39, 0.29) is 50.0 Å². The number of halogens is 1. The second-order valence-electron chi connectivity index (χ2n) is 4.73. The van der Waals surface area contributed by atoms with Crippen molar-refractivity contribution in [2.24, 2.45) is 5.73 Å². The predicted octanol–water partition coefficient (Wildman–Crippen LogP) is 2.07. The number of carbonyl (C=O) groups is 3. The Hall–Kier alpha value is -1.14. The third kappa shape index (κ3) is 16.8. The zero-order valence-corrected chi connectivity index (χ0v) is 13.2. The summed E-state index contributed by atoms with van der Waals surface area (Å²) in [5.74, 6) is -1.23. The van der Waals surface area contributed by atoms with Crippen molar-refractivity contribution in [3.05, 3.63) is 0 Å². The molecule has 124 valence electrons. The molecule has 0 heterocycles. The van der Waals surface area contributed by atoms with Gasteiger partial charge in [-0.25, -0.2) is 0 Å². The Morgan fingerprint density at radius 3 is 2.00 bits per heavy atom. The molecule has 0 bridgehead atoms. The van der Waals surface area contributed by atoms with Crippen molar-refractivity contribution < 1.29 is 24.2 Å². The van der Waals surface area contributed by atoms with Crippen LogP contribution in [0.4, 0.5) is 0 Å². The fraction of sp³-hybridized carbons (Fsp3) is 0.786. The molecule has 0 aromatic heterocycles. The van der Waals surface area contributed by atoms with Gasteiger partial charge in [-0.05, 0) is 12.8 Å². The smallest absolute Gasteiger partial charge is 0.306 e. The standard InChI is InChI=1S/C14H25NO5.ClH/c15-11-12(16)8-9-14(19)20-10-6-4-2-1-3-5-7-13(17)18;/h1-11,15H2,(H,17,18);1H. The fourth-order valence-electron chi connectivity index (χ4n) is 1.69. The topological polar surface area (TPSA) is 107 Å². The molecule has 0 aromatic rings. The maximum atomic E-state index is 11.2. The quantitative estimate of drug-likeness (QED) is 0.397. The minimum Gasteiger partial charge on any atom is -0.481 e. The van der Waals surface area contributed by atoms with Crippen LogP contribution in [0.15, 0.2) is 0 Å². The summed E-state index contributed by atoms with van der Waals surface area (Å²) in [6.07, 6.45) is 5.92. The predicted molar refractivity (Wildman–Crippen MR) is 81.5 cm³/mol. The lowest BCUT2D eigenvalue weighted by Gasteiger charge is -2.04. The van der Waals surface area contributed by atoms with Gasteiger partial charge in [-0.3, -0.25) is 14.4 Å². The van der Waals surface area contributed by atoms with Crippen molar-refractivity contribution in [3.8, 4) is 0 Å². The molecule has 0 fully saturated rings. The number of aliphatic carboxylic acids is 1. The average molecular weight is 324 g/mol. The Balaban J connectivity index is 0. The van der Waals surface area contributed by atoms with Crippen LogP contribution >= 0.6 is 12.4 Å². The molecule has 0 amide bonds. The van der Waals surface area contributed by atoms with Crippen LogP contribution in [-0.4, -0.2) is 36.0 Å². The van der Waals surface area contributed by atoms with E-state index in [0.29, 0.717) is 6.61 Å².